The number of carbonyl (C=O) groups excluding carboxylic acids is 2. The highest BCUT2D eigenvalue weighted by atomic mass is 16.2. The van der Waals surface area contributed by atoms with E-state index in [1.165, 1.54) is 0 Å². The molecule has 0 saturated heterocycles. The highest BCUT2D eigenvalue weighted by Crippen LogP contribution is 2.16. The Labute approximate surface area is 125 Å². The van der Waals surface area contributed by atoms with Gasteiger partial charge in [0.25, 0.3) is 0 Å². The van der Waals surface area contributed by atoms with Crippen molar-refractivity contribution in [3.8, 4) is 0 Å². The lowest BCUT2D eigenvalue weighted by molar-refractivity contribution is -0.122. The third-order valence-corrected chi connectivity index (χ3v) is 3.26. The van der Waals surface area contributed by atoms with Crippen LogP contribution in [0.3, 0.4) is 0 Å². The molecule has 1 rings (SSSR count). The molecule has 0 bridgehead atoms. The van der Waals surface area contributed by atoms with Crippen LogP contribution in [0.2, 0.25) is 0 Å². The van der Waals surface area contributed by atoms with Gasteiger partial charge in [-0.05, 0) is 32.0 Å². The molecule has 1 aromatic carbocycles. The van der Waals surface area contributed by atoms with Gasteiger partial charge in [0.05, 0.1) is 12.5 Å². The second-order valence-corrected chi connectivity index (χ2v) is 5.10. The fraction of sp³-hybridized carbons (Fsp3) is 0.467. The van der Waals surface area contributed by atoms with E-state index >= 15 is 0 Å². The number of amides is 2. The zero-order valence-corrected chi connectivity index (χ0v) is 12.8. The number of hydrogen-bond acceptors (Lipinski definition) is 4. The molecule has 0 heterocycles. The molecule has 0 aliphatic rings. The molecule has 1 aromatic rings. The molecule has 0 aromatic heterocycles. The van der Waals surface area contributed by atoms with E-state index in [-0.39, 0.29) is 17.7 Å². The monoisotopic (exact) mass is 292 g/mol. The number of nitrogens with two attached hydrogens (primary N) is 1. The lowest BCUT2D eigenvalue weighted by Crippen LogP contribution is -2.34. The molecule has 116 valence electrons. The predicted molar refractivity (Wildman–Crippen MR) is 82.2 cm³/mol. The standard InChI is InChI=1S/C15H24N4O2/c1-4-17-14(20)10-19(3)9-12-5-7-13(8-6-12)11(2)15(21)18-16/h5-8,11H,4,9-10,16H2,1-3H3,(H,17,20)(H,18,21). The van der Waals surface area contributed by atoms with Crippen molar-refractivity contribution < 1.29 is 9.59 Å². The van der Waals surface area contributed by atoms with Crippen LogP contribution in [0.5, 0.6) is 0 Å². The highest BCUT2D eigenvalue weighted by Gasteiger charge is 2.13. The number of carbonyl (C=O) groups is 2. The Morgan fingerprint density at radius 3 is 2.43 bits per heavy atom. The minimum Gasteiger partial charge on any atom is -0.355 e. The van der Waals surface area contributed by atoms with E-state index < -0.39 is 0 Å². The molecular weight excluding hydrogens is 268 g/mol. The van der Waals surface area contributed by atoms with E-state index in [1.807, 2.05) is 43.1 Å². The first kappa shape index (κ1) is 17.1. The SMILES string of the molecule is CCNC(=O)CN(C)Cc1ccc(C(C)C(=O)NN)cc1. The quantitative estimate of drug-likeness (QED) is 0.384. The largest absolute Gasteiger partial charge is 0.355 e. The van der Waals surface area contributed by atoms with E-state index in [4.69, 9.17) is 5.84 Å². The molecule has 0 radical (unpaired) electrons. The van der Waals surface area contributed by atoms with E-state index in [0.717, 1.165) is 11.1 Å². The van der Waals surface area contributed by atoms with Crippen LogP contribution in [0.4, 0.5) is 0 Å². The fourth-order valence-corrected chi connectivity index (χ4v) is 2.05. The first-order valence-electron chi connectivity index (χ1n) is 7.02. The average molecular weight is 292 g/mol. The third kappa shape index (κ3) is 5.53. The highest BCUT2D eigenvalue weighted by molar-refractivity contribution is 5.82. The average Bonchev–Trinajstić information content (AvgIpc) is 2.46. The number of likely N-dealkylation sites (N-methyl/N-ethyl adjacent to an activating group) is 2. The topological polar surface area (TPSA) is 87.5 Å². The van der Waals surface area contributed by atoms with Crippen LogP contribution in [-0.4, -0.2) is 36.9 Å². The first-order chi connectivity index (χ1) is 9.97. The number of nitrogens with zero attached hydrogens (tertiary/aromatic N) is 1. The predicted octanol–water partition coefficient (Wildman–Crippen LogP) is 0.348. The minimum absolute atomic E-state index is 0.0184. The van der Waals surface area contributed by atoms with E-state index in [2.05, 4.69) is 10.7 Å². The van der Waals surface area contributed by atoms with Crippen molar-refractivity contribution >= 4 is 11.8 Å². The van der Waals surface area contributed by atoms with Crippen molar-refractivity contribution in [2.75, 3.05) is 20.1 Å². The molecule has 0 aliphatic carbocycles. The second-order valence-electron chi connectivity index (χ2n) is 5.10. The molecule has 1 atom stereocenters. The van der Waals surface area contributed by atoms with Crippen LogP contribution in [0, 0.1) is 0 Å². The smallest absolute Gasteiger partial charge is 0.241 e. The van der Waals surface area contributed by atoms with Gasteiger partial charge in [-0.2, -0.15) is 0 Å². The van der Waals surface area contributed by atoms with Crippen LogP contribution in [0.25, 0.3) is 0 Å². The molecule has 0 fully saturated rings. The van der Waals surface area contributed by atoms with Crippen molar-refractivity contribution in [1.82, 2.24) is 15.6 Å². The van der Waals surface area contributed by atoms with Gasteiger partial charge < -0.3 is 5.32 Å². The summed E-state index contributed by atoms with van der Waals surface area (Å²) >= 11 is 0. The number of hydrazine groups is 1. The summed E-state index contributed by atoms with van der Waals surface area (Å²) in [5, 5.41) is 2.77. The van der Waals surface area contributed by atoms with Gasteiger partial charge in [0, 0.05) is 13.1 Å². The molecule has 21 heavy (non-hydrogen) atoms. The summed E-state index contributed by atoms with van der Waals surface area (Å²) in [7, 11) is 1.90. The first-order valence-corrected chi connectivity index (χ1v) is 7.02. The summed E-state index contributed by atoms with van der Waals surface area (Å²) in [5.74, 6) is 4.66. The maximum absolute atomic E-state index is 11.5. The molecule has 0 aliphatic heterocycles. The zero-order valence-electron chi connectivity index (χ0n) is 12.8. The second kappa shape index (κ2) is 8.39. The summed E-state index contributed by atoms with van der Waals surface area (Å²) in [4.78, 5) is 24.9. The van der Waals surface area contributed by atoms with Gasteiger partial charge in [0.15, 0.2) is 0 Å². The van der Waals surface area contributed by atoms with Crippen LogP contribution >= 0.6 is 0 Å². The molecule has 1 unspecified atom stereocenters. The fourth-order valence-electron chi connectivity index (χ4n) is 2.05. The maximum atomic E-state index is 11.5. The van der Waals surface area contributed by atoms with Crippen molar-refractivity contribution in [2.45, 2.75) is 26.3 Å². The Morgan fingerprint density at radius 1 is 1.29 bits per heavy atom. The number of rotatable bonds is 7. The Bertz CT molecular complexity index is 473. The molecular formula is C15H24N4O2. The van der Waals surface area contributed by atoms with E-state index in [1.54, 1.807) is 6.92 Å². The number of benzene rings is 1. The number of hydrogen-bond donors (Lipinski definition) is 3. The minimum atomic E-state index is -0.280. The Balaban J connectivity index is 2.58. The van der Waals surface area contributed by atoms with Crippen molar-refractivity contribution in [1.29, 1.82) is 0 Å². The van der Waals surface area contributed by atoms with Crippen molar-refractivity contribution in [2.24, 2.45) is 5.84 Å². The molecule has 2 amide bonds. The maximum Gasteiger partial charge on any atom is 0.241 e. The molecule has 6 nitrogen and oxygen atoms in total. The summed E-state index contributed by atoms with van der Waals surface area (Å²) in [6.07, 6.45) is 0. The van der Waals surface area contributed by atoms with Crippen LogP contribution in [-0.2, 0) is 16.1 Å². The van der Waals surface area contributed by atoms with E-state index in [9.17, 15) is 9.59 Å². The summed E-state index contributed by atoms with van der Waals surface area (Å²) < 4.78 is 0. The molecule has 6 heteroatoms. The third-order valence-electron chi connectivity index (χ3n) is 3.26. The van der Waals surface area contributed by atoms with Gasteiger partial charge in [-0.1, -0.05) is 24.3 Å². The summed E-state index contributed by atoms with van der Waals surface area (Å²) in [5.41, 5.74) is 4.15. The lowest BCUT2D eigenvalue weighted by Gasteiger charge is -2.17. The van der Waals surface area contributed by atoms with Crippen LogP contribution < -0.4 is 16.6 Å². The van der Waals surface area contributed by atoms with E-state index in [0.29, 0.717) is 19.6 Å². The van der Waals surface area contributed by atoms with Gasteiger partial charge in [-0.25, -0.2) is 5.84 Å². The lowest BCUT2D eigenvalue weighted by atomic mass is 9.99. The summed E-state index contributed by atoms with van der Waals surface area (Å²) in [6.45, 7) is 5.38. The Hall–Kier alpha value is -1.92. The van der Waals surface area contributed by atoms with Gasteiger partial charge in [0.2, 0.25) is 11.8 Å². The van der Waals surface area contributed by atoms with Crippen LogP contribution in [0.15, 0.2) is 24.3 Å². The molecule has 0 saturated carbocycles. The number of nitrogens with one attached hydrogen (secondary N) is 2. The van der Waals surface area contributed by atoms with Gasteiger partial charge in [-0.3, -0.25) is 19.9 Å². The van der Waals surface area contributed by atoms with Gasteiger partial charge in [0.1, 0.15) is 0 Å². The van der Waals surface area contributed by atoms with Crippen molar-refractivity contribution in [3.63, 3.8) is 0 Å². The summed E-state index contributed by atoms with van der Waals surface area (Å²) in [6, 6.07) is 7.75. The molecule has 4 N–H and O–H groups in total. The normalized spacial score (nSPS) is 12.0. The Kier molecular flexibility index (Phi) is 6.84. The van der Waals surface area contributed by atoms with Crippen LogP contribution in [0.1, 0.15) is 30.9 Å². The van der Waals surface area contributed by atoms with Gasteiger partial charge in [-0.15, -0.1) is 0 Å². The zero-order chi connectivity index (χ0) is 15.8. The van der Waals surface area contributed by atoms with Crippen molar-refractivity contribution in [3.05, 3.63) is 35.4 Å². The van der Waals surface area contributed by atoms with Gasteiger partial charge >= 0.3 is 0 Å². The molecule has 0 spiro atoms. The Morgan fingerprint density at radius 2 is 1.90 bits per heavy atom.